The quantitative estimate of drug-likeness (QED) is 0.0262. The molecule has 402 valence electrons. The number of unbranched alkanes of at least 4 members (excludes halogenated alkanes) is 36. The molecule has 0 bridgehead atoms. The van der Waals surface area contributed by atoms with Gasteiger partial charge in [-0.3, -0.25) is 14.4 Å². The molecule has 0 fully saturated rings. The Morgan fingerprint density at radius 2 is 0.522 bits per heavy atom. The van der Waals surface area contributed by atoms with Gasteiger partial charge in [-0.1, -0.05) is 262 Å². The SMILES string of the molecule is CCCCCCC/C=C\C/C=C\C/C=C\CCCCCCCCC(=O)OC(COC(=O)CCCCCCC)COC(=O)CCCCCCCCCCCCCCC/C=C\CCCCCCCCCC. The molecule has 0 spiro atoms. The van der Waals surface area contributed by atoms with E-state index in [9.17, 15) is 14.4 Å². The maximum absolute atomic E-state index is 12.8. The smallest absolute Gasteiger partial charge is 0.306 e. The van der Waals surface area contributed by atoms with Crippen LogP contribution in [-0.2, 0) is 28.6 Å². The third-order valence-electron chi connectivity index (χ3n) is 13.3. The first-order valence-electron chi connectivity index (χ1n) is 30.1. The van der Waals surface area contributed by atoms with E-state index in [4.69, 9.17) is 14.2 Å². The molecule has 0 aromatic rings. The van der Waals surface area contributed by atoms with Crippen molar-refractivity contribution in [3.8, 4) is 0 Å². The Balaban J connectivity index is 4.07. The van der Waals surface area contributed by atoms with Crippen LogP contribution in [0.2, 0.25) is 0 Å². The van der Waals surface area contributed by atoms with Crippen molar-refractivity contribution in [1.82, 2.24) is 0 Å². The van der Waals surface area contributed by atoms with Crippen molar-refractivity contribution in [2.75, 3.05) is 13.2 Å². The summed E-state index contributed by atoms with van der Waals surface area (Å²) in [7, 11) is 0. The number of rotatable bonds is 55. The van der Waals surface area contributed by atoms with Crippen LogP contribution in [0.25, 0.3) is 0 Å². The predicted molar refractivity (Wildman–Crippen MR) is 298 cm³/mol. The van der Waals surface area contributed by atoms with Crippen molar-refractivity contribution in [1.29, 1.82) is 0 Å². The number of carbonyl (C=O) groups excluding carboxylic acids is 3. The van der Waals surface area contributed by atoms with Gasteiger partial charge in [0.15, 0.2) is 6.10 Å². The Hall–Kier alpha value is -2.63. The molecule has 0 aromatic carbocycles. The van der Waals surface area contributed by atoms with Gasteiger partial charge in [0, 0.05) is 19.3 Å². The third-order valence-corrected chi connectivity index (χ3v) is 13.3. The number of hydrogen-bond donors (Lipinski definition) is 0. The fourth-order valence-corrected chi connectivity index (χ4v) is 8.74. The zero-order valence-electron chi connectivity index (χ0n) is 46.1. The molecule has 0 N–H and O–H groups in total. The summed E-state index contributed by atoms with van der Waals surface area (Å²) in [6.45, 7) is 6.57. The van der Waals surface area contributed by atoms with Gasteiger partial charge in [0.25, 0.3) is 0 Å². The molecule has 0 aliphatic carbocycles. The lowest BCUT2D eigenvalue weighted by Crippen LogP contribution is -2.30. The Kier molecular flexibility index (Phi) is 55.7. The molecule has 0 aromatic heterocycles. The zero-order chi connectivity index (χ0) is 50.0. The van der Waals surface area contributed by atoms with Crippen LogP contribution in [0.5, 0.6) is 0 Å². The number of ether oxygens (including phenoxy) is 3. The van der Waals surface area contributed by atoms with E-state index in [1.807, 2.05) is 0 Å². The fraction of sp³-hybridized carbons (Fsp3) is 0.825. The molecular formula is C63H114O6. The molecule has 0 saturated carbocycles. The van der Waals surface area contributed by atoms with Crippen LogP contribution >= 0.6 is 0 Å². The van der Waals surface area contributed by atoms with E-state index in [0.717, 1.165) is 83.5 Å². The molecule has 0 aliphatic rings. The van der Waals surface area contributed by atoms with Gasteiger partial charge >= 0.3 is 17.9 Å². The second kappa shape index (κ2) is 57.9. The predicted octanol–water partition coefficient (Wildman–Crippen LogP) is 20.2. The van der Waals surface area contributed by atoms with Gasteiger partial charge < -0.3 is 14.2 Å². The number of carbonyl (C=O) groups is 3. The Labute approximate surface area is 428 Å². The summed E-state index contributed by atoms with van der Waals surface area (Å²) in [6.07, 6.45) is 71.6. The van der Waals surface area contributed by atoms with E-state index in [1.165, 1.54) is 193 Å². The second-order valence-corrected chi connectivity index (χ2v) is 20.3. The minimum Gasteiger partial charge on any atom is -0.462 e. The average molecular weight is 968 g/mol. The van der Waals surface area contributed by atoms with Crippen LogP contribution in [0.4, 0.5) is 0 Å². The van der Waals surface area contributed by atoms with Crippen molar-refractivity contribution >= 4 is 17.9 Å². The highest BCUT2D eigenvalue weighted by Gasteiger charge is 2.19. The van der Waals surface area contributed by atoms with Gasteiger partial charge in [-0.15, -0.1) is 0 Å². The van der Waals surface area contributed by atoms with Crippen molar-refractivity contribution in [2.45, 2.75) is 322 Å². The number of allylic oxidation sites excluding steroid dienone is 8. The van der Waals surface area contributed by atoms with Gasteiger partial charge in [0.05, 0.1) is 0 Å². The fourth-order valence-electron chi connectivity index (χ4n) is 8.74. The zero-order valence-corrected chi connectivity index (χ0v) is 46.1. The molecule has 0 rings (SSSR count). The van der Waals surface area contributed by atoms with Crippen LogP contribution in [0, 0.1) is 0 Å². The summed E-state index contributed by atoms with van der Waals surface area (Å²) in [5.74, 6) is -0.891. The van der Waals surface area contributed by atoms with Crippen molar-refractivity contribution in [3.05, 3.63) is 48.6 Å². The van der Waals surface area contributed by atoms with E-state index in [2.05, 4.69) is 69.4 Å². The van der Waals surface area contributed by atoms with Gasteiger partial charge in [-0.25, -0.2) is 0 Å². The van der Waals surface area contributed by atoms with Crippen molar-refractivity contribution < 1.29 is 28.6 Å². The van der Waals surface area contributed by atoms with Crippen molar-refractivity contribution in [3.63, 3.8) is 0 Å². The minimum absolute atomic E-state index is 0.0769. The highest BCUT2D eigenvalue weighted by atomic mass is 16.6. The van der Waals surface area contributed by atoms with Gasteiger partial charge in [0.1, 0.15) is 13.2 Å². The third kappa shape index (κ3) is 56.2. The molecule has 0 radical (unpaired) electrons. The lowest BCUT2D eigenvalue weighted by molar-refractivity contribution is -0.167. The molecular weight excluding hydrogens is 853 g/mol. The standard InChI is InChI=1S/C63H114O6/c1-4-7-10-13-15-17-19-21-23-25-27-29-30-31-32-34-35-37-39-41-43-45-47-50-53-56-62(65)68-59-60(58-67-61(64)55-52-49-12-9-6-3)69-63(66)57-54-51-48-46-44-42-40-38-36-33-28-26-24-22-20-18-16-14-11-8-5-2/h20,22,25-28,36,38,60H,4-19,21,23-24,29-35,37,39-59H2,1-3H3/b22-20-,27-25-,28-26-,38-36-. The normalized spacial score (nSPS) is 12.3. The van der Waals surface area contributed by atoms with E-state index in [0.29, 0.717) is 19.3 Å². The van der Waals surface area contributed by atoms with Gasteiger partial charge in [-0.05, 0) is 83.5 Å². The summed E-state index contributed by atoms with van der Waals surface area (Å²) < 4.78 is 16.7. The molecule has 0 amide bonds. The van der Waals surface area contributed by atoms with Crippen LogP contribution in [0.15, 0.2) is 48.6 Å². The summed E-state index contributed by atoms with van der Waals surface area (Å²) in [6, 6.07) is 0. The Bertz CT molecular complexity index is 1200. The Morgan fingerprint density at radius 1 is 0.290 bits per heavy atom. The van der Waals surface area contributed by atoms with Crippen LogP contribution in [-0.4, -0.2) is 37.2 Å². The second-order valence-electron chi connectivity index (χ2n) is 20.3. The van der Waals surface area contributed by atoms with Crippen LogP contribution < -0.4 is 0 Å². The largest absolute Gasteiger partial charge is 0.462 e. The number of esters is 3. The molecule has 0 saturated heterocycles. The van der Waals surface area contributed by atoms with E-state index in [1.54, 1.807) is 0 Å². The molecule has 69 heavy (non-hydrogen) atoms. The highest BCUT2D eigenvalue weighted by molar-refractivity contribution is 5.71. The molecule has 1 unspecified atom stereocenters. The summed E-state index contributed by atoms with van der Waals surface area (Å²) in [5, 5.41) is 0. The first-order chi connectivity index (χ1) is 34.0. The van der Waals surface area contributed by atoms with E-state index in [-0.39, 0.29) is 31.1 Å². The van der Waals surface area contributed by atoms with Crippen LogP contribution in [0.1, 0.15) is 316 Å². The average Bonchev–Trinajstić information content (AvgIpc) is 3.35. The molecule has 6 nitrogen and oxygen atoms in total. The first kappa shape index (κ1) is 66.4. The molecule has 0 heterocycles. The molecule has 1 atom stereocenters. The van der Waals surface area contributed by atoms with Gasteiger partial charge in [0.2, 0.25) is 0 Å². The van der Waals surface area contributed by atoms with Gasteiger partial charge in [-0.2, -0.15) is 0 Å². The number of hydrogen-bond acceptors (Lipinski definition) is 6. The Morgan fingerprint density at radius 3 is 0.826 bits per heavy atom. The highest BCUT2D eigenvalue weighted by Crippen LogP contribution is 2.16. The van der Waals surface area contributed by atoms with E-state index >= 15 is 0 Å². The summed E-state index contributed by atoms with van der Waals surface area (Å²) in [5.41, 5.74) is 0. The monoisotopic (exact) mass is 967 g/mol. The first-order valence-corrected chi connectivity index (χ1v) is 30.1. The molecule has 0 aliphatic heterocycles. The summed E-state index contributed by atoms with van der Waals surface area (Å²) >= 11 is 0. The topological polar surface area (TPSA) is 78.9 Å². The molecule has 6 heteroatoms. The minimum atomic E-state index is -0.776. The lowest BCUT2D eigenvalue weighted by Gasteiger charge is -2.18. The maximum atomic E-state index is 12.8. The summed E-state index contributed by atoms with van der Waals surface area (Å²) in [4.78, 5) is 37.8. The van der Waals surface area contributed by atoms with Crippen LogP contribution in [0.3, 0.4) is 0 Å². The maximum Gasteiger partial charge on any atom is 0.306 e. The van der Waals surface area contributed by atoms with Crippen molar-refractivity contribution in [2.24, 2.45) is 0 Å². The van der Waals surface area contributed by atoms with E-state index < -0.39 is 6.10 Å². The lowest BCUT2D eigenvalue weighted by atomic mass is 10.0.